The molecular formula is C11H12O5. The van der Waals surface area contributed by atoms with Gasteiger partial charge in [0.05, 0.1) is 13.5 Å². The van der Waals surface area contributed by atoms with Crippen LogP contribution >= 0.6 is 0 Å². The molecule has 0 aliphatic rings. The molecule has 1 aromatic carbocycles. The van der Waals surface area contributed by atoms with E-state index in [2.05, 4.69) is 0 Å². The van der Waals surface area contributed by atoms with Gasteiger partial charge in [-0.3, -0.25) is 9.59 Å². The van der Waals surface area contributed by atoms with E-state index < -0.39 is 5.97 Å². The molecule has 0 atom stereocenters. The first-order valence-electron chi connectivity index (χ1n) is 4.66. The summed E-state index contributed by atoms with van der Waals surface area (Å²) in [6.07, 6.45) is -0.299. The zero-order valence-corrected chi connectivity index (χ0v) is 8.77. The fraction of sp³-hybridized carbons (Fsp3) is 0.273. The quantitative estimate of drug-likeness (QED) is 0.739. The van der Waals surface area contributed by atoms with Crippen molar-refractivity contribution >= 4 is 11.8 Å². The number of Topliss-reactive ketones (excluding diaryl/α,β-unsaturated/α-hetero) is 1. The van der Waals surface area contributed by atoms with Gasteiger partial charge in [0.25, 0.3) is 0 Å². The number of ketones is 1. The molecule has 0 saturated heterocycles. The van der Waals surface area contributed by atoms with E-state index in [0.29, 0.717) is 0 Å². The van der Waals surface area contributed by atoms with Gasteiger partial charge in [-0.05, 0) is 18.2 Å². The largest absolute Gasteiger partial charge is 0.504 e. The predicted molar refractivity (Wildman–Crippen MR) is 55.9 cm³/mol. The molecule has 1 rings (SSSR count). The Labute approximate surface area is 92.3 Å². The number of carboxylic acid groups (broad SMARTS) is 1. The van der Waals surface area contributed by atoms with Gasteiger partial charge in [0.15, 0.2) is 17.3 Å². The van der Waals surface area contributed by atoms with Crippen molar-refractivity contribution in [1.29, 1.82) is 0 Å². The molecule has 0 aliphatic heterocycles. The number of aromatic hydroxyl groups is 1. The Morgan fingerprint density at radius 3 is 2.50 bits per heavy atom. The van der Waals surface area contributed by atoms with Crippen LogP contribution in [-0.4, -0.2) is 29.1 Å². The molecule has 0 aliphatic carbocycles. The molecule has 0 bridgehead atoms. The molecule has 2 N–H and O–H groups in total. The number of carbonyl (C=O) groups excluding carboxylic acids is 1. The van der Waals surface area contributed by atoms with E-state index in [1.54, 1.807) is 0 Å². The van der Waals surface area contributed by atoms with Crippen molar-refractivity contribution in [3.63, 3.8) is 0 Å². The first-order valence-corrected chi connectivity index (χ1v) is 4.66. The van der Waals surface area contributed by atoms with E-state index >= 15 is 0 Å². The monoisotopic (exact) mass is 224 g/mol. The molecule has 0 fully saturated rings. The van der Waals surface area contributed by atoms with E-state index in [-0.39, 0.29) is 35.7 Å². The van der Waals surface area contributed by atoms with Crippen molar-refractivity contribution in [2.24, 2.45) is 0 Å². The highest BCUT2D eigenvalue weighted by atomic mass is 16.5. The van der Waals surface area contributed by atoms with E-state index in [1.807, 2.05) is 0 Å². The molecular weight excluding hydrogens is 212 g/mol. The first kappa shape index (κ1) is 12.0. The Morgan fingerprint density at radius 1 is 1.31 bits per heavy atom. The molecule has 1 aromatic rings. The minimum absolute atomic E-state index is 0.0822. The lowest BCUT2D eigenvalue weighted by Gasteiger charge is -2.04. The summed E-state index contributed by atoms with van der Waals surface area (Å²) in [5.41, 5.74) is 0.277. The van der Waals surface area contributed by atoms with E-state index in [4.69, 9.17) is 9.84 Å². The van der Waals surface area contributed by atoms with Crippen molar-refractivity contribution in [2.45, 2.75) is 12.8 Å². The molecule has 5 nitrogen and oxygen atoms in total. The molecule has 0 radical (unpaired) electrons. The number of hydrogen-bond donors (Lipinski definition) is 2. The number of carbonyl (C=O) groups is 2. The summed E-state index contributed by atoms with van der Waals surface area (Å²) in [6, 6.07) is 4.22. The van der Waals surface area contributed by atoms with Gasteiger partial charge < -0.3 is 14.9 Å². The molecule has 0 aromatic heterocycles. The van der Waals surface area contributed by atoms with Crippen LogP contribution in [0.4, 0.5) is 0 Å². The van der Waals surface area contributed by atoms with Gasteiger partial charge >= 0.3 is 5.97 Å². The van der Waals surface area contributed by atoms with Crippen LogP contribution in [0.1, 0.15) is 23.2 Å². The summed E-state index contributed by atoms with van der Waals surface area (Å²) in [6.45, 7) is 0. The highest BCUT2D eigenvalue weighted by Gasteiger charge is 2.11. The third-order valence-electron chi connectivity index (χ3n) is 2.07. The molecule has 86 valence electrons. The van der Waals surface area contributed by atoms with Crippen molar-refractivity contribution in [1.82, 2.24) is 0 Å². The zero-order valence-electron chi connectivity index (χ0n) is 8.77. The maximum absolute atomic E-state index is 11.5. The van der Waals surface area contributed by atoms with Gasteiger partial charge in [0, 0.05) is 12.0 Å². The van der Waals surface area contributed by atoms with Crippen LogP contribution in [0.3, 0.4) is 0 Å². The number of ether oxygens (including phenoxy) is 1. The zero-order chi connectivity index (χ0) is 12.1. The summed E-state index contributed by atoms with van der Waals surface area (Å²) in [4.78, 5) is 21.8. The number of carboxylic acids is 1. The molecule has 16 heavy (non-hydrogen) atoms. The maximum Gasteiger partial charge on any atom is 0.303 e. The lowest BCUT2D eigenvalue weighted by Crippen LogP contribution is -2.03. The summed E-state index contributed by atoms with van der Waals surface area (Å²) < 4.78 is 4.82. The van der Waals surface area contributed by atoms with Gasteiger partial charge in [-0.25, -0.2) is 0 Å². The number of methoxy groups -OCH3 is 1. The predicted octanol–water partition coefficient (Wildman–Crippen LogP) is 1.45. The van der Waals surface area contributed by atoms with Crippen molar-refractivity contribution in [3.05, 3.63) is 23.8 Å². The highest BCUT2D eigenvalue weighted by molar-refractivity contribution is 5.97. The van der Waals surface area contributed by atoms with Crippen LogP contribution in [0.2, 0.25) is 0 Å². The number of aliphatic carboxylic acids is 1. The Hall–Kier alpha value is -2.04. The van der Waals surface area contributed by atoms with Gasteiger partial charge in [0.1, 0.15) is 0 Å². The lowest BCUT2D eigenvalue weighted by atomic mass is 10.1. The Kier molecular flexibility index (Phi) is 3.88. The average molecular weight is 224 g/mol. The van der Waals surface area contributed by atoms with E-state index in [9.17, 15) is 14.7 Å². The molecule has 0 saturated carbocycles. The number of rotatable bonds is 5. The van der Waals surface area contributed by atoms with Crippen LogP contribution < -0.4 is 4.74 Å². The van der Waals surface area contributed by atoms with Crippen molar-refractivity contribution < 1.29 is 24.5 Å². The van der Waals surface area contributed by atoms with Gasteiger partial charge in [-0.15, -0.1) is 0 Å². The normalized spacial score (nSPS) is 9.81. The van der Waals surface area contributed by atoms with Crippen LogP contribution in [0.25, 0.3) is 0 Å². The number of benzene rings is 1. The highest BCUT2D eigenvalue weighted by Crippen LogP contribution is 2.26. The van der Waals surface area contributed by atoms with Crippen LogP contribution in [0, 0.1) is 0 Å². The van der Waals surface area contributed by atoms with E-state index in [1.165, 1.54) is 25.3 Å². The Morgan fingerprint density at radius 2 is 2.00 bits per heavy atom. The molecule has 0 unspecified atom stereocenters. The topological polar surface area (TPSA) is 83.8 Å². The minimum Gasteiger partial charge on any atom is -0.504 e. The van der Waals surface area contributed by atoms with E-state index in [0.717, 1.165) is 0 Å². The van der Waals surface area contributed by atoms with Gasteiger partial charge in [0.2, 0.25) is 0 Å². The fourth-order valence-corrected chi connectivity index (χ4v) is 1.23. The second-order valence-corrected chi connectivity index (χ2v) is 3.20. The smallest absolute Gasteiger partial charge is 0.303 e. The molecule has 0 spiro atoms. The maximum atomic E-state index is 11.5. The standard InChI is InChI=1S/C11H12O5/c1-16-10-4-2-7(6-9(10)13)8(12)3-5-11(14)15/h2,4,6,13H,3,5H2,1H3,(H,14,15). The van der Waals surface area contributed by atoms with Crippen LogP contribution in [-0.2, 0) is 4.79 Å². The Bertz CT molecular complexity index is 411. The number of phenolic OH excluding ortho intramolecular Hbond substituents is 1. The van der Waals surface area contributed by atoms with Crippen molar-refractivity contribution in [3.8, 4) is 11.5 Å². The molecule has 5 heteroatoms. The van der Waals surface area contributed by atoms with Crippen molar-refractivity contribution in [2.75, 3.05) is 7.11 Å². The molecule has 0 amide bonds. The lowest BCUT2D eigenvalue weighted by molar-refractivity contribution is -0.136. The number of phenols is 1. The summed E-state index contributed by atoms with van der Waals surface area (Å²) in [5.74, 6) is -1.20. The third kappa shape index (κ3) is 2.98. The van der Waals surface area contributed by atoms with Gasteiger partial charge in [-0.2, -0.15) is 0 Å². The summed E-state index contributed by atoms with van der Waals surface area (Å²) >= 11 is 0. The second-order valence-electron chi connectivity index (χ2n) is 3.20. The van der Waals surface area contributed by atoms with Gasteiger partial charge in [-0.1, -0.05) is 0 Å². The SMILES string of the molecule is COc1ccc(C(=O)CCC(=O)O)cc1O. The average Bonchev–Trinajstić information content (AvgIpc) is 2.25. The Balaban J connectivity index is 2.77. The summed E-state index contributed by atoms with van der Waals surface area (Å²) in [5, 5.41) is 17.8. The second kappa shape index (κ2) is 5.16. The molecule has 0 heterocycles. The van der Waals surface area contributed by atoms with Crippen LogP contribution in [0.5, 0.6) is 11.5 Å². The number of hydrogen-bond acceptors (Lipinski definition) is 4. The first-order chi connectivity index (χ1) is 7.54. The third-order valence-corrected chi connectivity index (χ3v) is 2.07. The summed E-state index contributed by atoms with van der Waals surface area (Å²) in [7, 11) is 1.40. The fourth-order valence-electron chi connectivity index (χ4n) is 1.23. The minimum atomic E-state index is -1.02. The van der Waals surface area contributed by atoms with Crippen LogP contribution in [0.15, 0.2) is 18.2 Å².